The third-order valence-electron chi connectivity index (χ3n) is 1.79. The summed E-state index contributed by atoms with van der Waals surface area (Å²) in [5.74, 6) is -1.29. The number of thiazole rings is 1. The van der Waals surface area contributed by atoms with E-state index in [2.05, 4.69) is 4.98 Å². The molecule has 1 aromatic heterocycles. The van der Waals surface area contributed by atoms with Crippen LogP contribution in [0.1, 0.15) is 19.0 Å². The first-order valence-electron chi connectivity index (χ1n) is 4.65. The second-order valence-corrected chi connectivity index (χ2v) is 5.40. The zero-order chi connectivity index (χ0) is 12.1. The molecule has 1 atom stereocenters. The van der Waals surface area contributed by atoms with Crippen molar-refractivity contribution in [3.05, 3.63) is 11.1 Å². The number of thioether (sulfide) groups is 1. The van der Waals surface area contributed by atoms with Crippen LogP contribution in [0.5, 0.6) is 0 Å². The molecule has 0 spiro atoms. The van der Waals surface area contributed by atoms with Gasteiger partial charge in [-0.05, 0) is 6.42 Å². The van der Waals surface area contributed by atoms with Crippen LogP contribution in [0.15, 0.2) is 9.72 Å². The number of rotatable bonds is 6. The van der Waals surface area contributed by atoms with Crippen LogP contribution in [0.25, 0.3) is 0 Å². The minimum Gasteiger partial charge on any atom is -0.481 e. The largest absolute Gasteiger partial charge is 0.481 e. The van der Waals surface area contributed by atoms with Crippen LogP contribution in [0.2, 0.25) is 0 Å². The molecule has 0 bridgehead atoms. The van der Waals surface area contributed by atoms with Crippen LogP contribution < -0.4 is 5.73 Å². The van der Waals surface area contributed by atoms with Gasteiger partial charge in [0.15, 0.2) is 4.34 Å². The highest BCUT2D eigenvalue weighted by molar-refractivity contribution is 8.02. The van der Waals surface area contributed by atoms with E-state index in [1.165, 1.54) is 23.1 Å². The van der Waals surface area contributed by atoms with Gasteiger partial charge in [-0.3, -0.25) is 9.59 Å². The maximum absolute atomic E-state index is 11.0. The van der Waals surface area contributed by atoms with Crippen molar-refractivity contribution < 1.29 is 14.7 Å². The van der Waals surface area contributed by atoms with Gasteiger partial charge >= 0.3 is 5.97 Å². The van der Waals surface area contributed by atoms with Gasteiger partial charge in [0.1, 0.15) is 0 Å². The number of carbonyl (C=O) groups excluding carboxylic acids is 1. The first-order valence-corrected chi connectivity index (χ1v) is 6.41. The van der Waals surface area contributed by atoms with Crippen LogP contribution >= 0.6 is 23.1 Å². The van der Waals surface area contributed by atoms with E-state index in [4.69, 9.17) is 10.8 Å². The maximum Gasteiger partial charge on any atom is 0.309 e. The Hall–Kier alpha value is -1.08. The summed E-state index contributed by atoms with van der Waals surface area (Å²) in [5, 5.41) is 9.96. The topological polar surface area (TPSA) is 93.3 Å². The number of primary amides is 1. The van der Waals surface area contributed by atoms with Gasteiger partial charge in [-0.15, -0.1) is 11.3 Å². The van der Waals surface area contributed by atoms with Crippen molar-refractivity contribution in [1.29, 1.82) is 0 Å². The molecule has 5 nitrogen and oxygen atoms in total. The molecule has 0 aliphatic heterocycles. The molecule has 0 saturated heterocycles. The van der Waals surface area contributed by atoms with E-state index in [0.717, 1.165) is 0 Å². The minimum absolute atomic E-state index is 0.0928. The molecule has 0 aromatic carbocycles. The monoisotopic (exact) mass is 260 g/mol. The highest BCUT2D eigenvalue weighted by Crippen LogP contribution is 2.28. The van der Waals surface area contributed by atoms with Crippen molar-refractivity contribution in [2.75, 3.05) is 0 Å². The van der Waals surface area contributed by atoms with Crippen LogP contribution in [0.3, 0.4) is 0 Å². The number of aromatic nitrogens is 1. The van der Waals surface area contributed by atoms with E-state index in [1.807, 2.05) is 6.92 Å². The normalized spacial score (nSPS) is 12.3. The third-order valence-corrected chi connectivity index (χ3v) is 4.20. The molecule has 1 aromatic rings. The number of hydrogen-bond donors (Lipinski definition) is 2. The fourth-order valence-corrected chi connectivity index (χ4v) is 3.00. The standard InChI is InChI=1S/C9H12N2O3S2/c1-2-6(8(10)14)16-9-11-5(4-15-9)3-7(12)13/h4,6H,2-3H2,1H3,(H2,10,14)(H,12,13)/t6-/m1/s1. The molecule has 0 unspecified atom stereocenters. The molecule has 0 aliphatic carbocycles. The minimum atomic E-state index is -0.913. The average Bonchev–Trinajstić information content (AvgIpc) is 2.60. The predicted octanol–water partition coefficient (Wildman–Crippen LogP) is 1.13. The number of carboxylic acid groups (broad SMARTS) is 1. The lowest BCUT2D eigenvalue weighted by molar-refractivity contribution is -0.136. The smallest absolute Gasteiger partial charge is 0.309 e. The number of aliphatic carboxylic acids is 1. The first-order chi connectivity index (χ1) is 7.52. The van der Waals surface area contributed by atoms with Gasteiger partial charge in [0, 0.05) is 5.38 Å². The molecule has 0 fully saturated rings. The molecular formula is C9H12N2O3S2. The summed E-state index contributed by atoms with van der Waals surface area (Å²) in [4.78, 5) is 25.6. The van der Waals surface area contributed by atoms with E-state index < -0.39 is 5.97 Å². The van der Waals surface area contributed by atoms with Gasteiger partial charge in [0.2, 0.25) is 5.91 Å². The van der Waals surface area contributed by atoms with Crippen molar-refractivity contribution in [3.63, 3.8) is 0 Å². The first kappa shape index (κ1) is 13.0. The molecule has 0 radical (unpaired) electrons. The lowest BCUT2D eigenvalue weighted by Crippen LogP contribution is -2.24. The molecule has 3 N–H and O–H groups in total. The van der Waals surface area contributed by atoms with Crippen LogP contribution in [-0.4, -0.2) is 27.2 Å². The lowest BCUT2D eigenvalue weighted by atomic mass is 10.3. The number of hydrogen-bond acceptors (Lipinski definition) is 5. The van der Waals surface area contributed by atoms with Gasteiger partial charge in [0.25, 0.3) is 0 Å². The molecule has 16 heavy (non-hydrogen) atoms. The van der Waals surface area contributed by atoms with Gasteiger partial charge < -0.3 is 10.8 Å². The quantitative estimate of drug-likeness (QED) is 0.748. The number of amides is 1. The Morgan fingerprint density at radius 1 is 1.69 bits per heavy atom. The maximum atomic E-state index is 11.0. The van der Waals surface area contributed by atoms with E-state index in [0.29, 0.717) is 16.5 Å². The van der Waals surface area contributed by atoms with Crippen molar-refractivity contribution >= 4 is 35.0 Å². The summed E-state index contributed by atoms with van der Waals surface area (Å²) in [5.41, 5.74) is 5.72. The fraction of sp³-hybridized carbons (Fsp3) is 0.444. The Balaban J connectivity index is 2.64. The third kappa shape index (κ3) is 3.82. The summed E-state index contributed by atoms with van der Waals surface area (Å²) in [7, 11) is 0. The average molecular weight is 260 g/mol. The van der Waals surface area contributed by atoms with Gasteiger partial charge in [-0.1, -0.05) is 18.7 Å². The van der Waals surface area contributed by atoms with Crippen LogP contribution in [0, 0.1) is 0 Å². The number of nitrogens with two attached hydrogens (primary N) is 1. The Morgan fingerprint density at radius 3 is 2.88 bits per heavy atom. The predicted molar refractivity (Wildman–Crippen MR) is 62.6 cm³/mol. The second kappa shape index (κ2) is 5.86. The number of carbonyl (C=O) groups is 2. The lowest BCUT2D eigenvalue weighted by Gasteiger charge is -2.06. The molecule has 7 heteroatoms. The number of carboxylic acids is 1. The summed E-state index contributed by atoms with van der Waals surface area (Å²) in [6.07, 6.45) is 0.540. The Bertz CT molecular complexity index is 392. The van der Waals surface area contributed by atoms with E-state index in [-0.39, 0.29) is 17.6 Å². The van der Waals surface area contributed by atoms with E-state index in [1.54, 1.807) is 5.38 Å². The van der Waals surface area contributed by atoms with Gasteiger partial charge in [-0.2, -0.15) is 0 Å². The van der Waals surface area contributed by atoms with E-state index >= 15 is 0 Å². The highest BCUT2D eigenvalue weighted by atomic mass is 32.2. The molecule has 0 aliphatic rings. The summed E-state index contributed by atoms with van der Waals surface area (Å²) in [6.45, 7) is 1.87. The Morgan fingerprint density at radius 2 is 2.38 bits per heavy atom. The molecule has 0 saturated carbocycles. The molecule has 1 rings (SSSR count). The molecular weight excluding hydrogens is 248 g/mol. The van der Waals surface area contributed by atoms with Crippen molar-refractivity contribution in [1.82, 2.24) is 4.98 Å². The fourth-order valence-electron chi connectivity index (χ4n) is 1.04. The van der Waals surface area contributed by atoms with E-state index in [9.17, 15) is 9.59 Å². The SMILES string of the molecule is CC[C@@H](Sc1nc(CC(=O)O)cs1)C(N)=O. The zero-order valence-corrected chi connectivity index (χ0v) is 10.3. The summed E-state index contributed by atoms with van der Waals surface area (Å²) >= 11 is 2.62. The van der Waals surface area contributed by atoms with Crippen molar-refractivity contribution in [2.24, 2.45) is 5.73 Å². The molecule has 1 amide bonds. The Labute approximate surface area is 101 Å². The molecule has 1 heterocycles. The highest BCUT2D eigenvalue weighted by Gasteiger charge is 2.16. The molecule has 88 valence electrons. The second-order valence-electron chi connectivity index (χ2n) is 3.09. The zero-order valence-electron chi connectivity index (χ0n) is 8.67. The van der Waals surface area contributed by atoms with Crippen LogP contribution in [0.4, 0.5) is 0 Å². The number of nitrogens with zero attached hydrogens (tertiary/aromatic N) is 1. The Kier molecular flexibility index (Phi) is 4.75. The van der Waals surface area contributed by atoms with Crippen molar-refractivity contribution in [2.45, 2.75) is 29.4 Å². The summed E-state index contributed by atoms with van der Waals surface area (Å²) in [6, 6.07) is 0. The van der Waals surface area contributed by atoms with Crippen LogP contribution in [-0.2, 0) is 16.0 Å². The summed E-state index contributed by atoms with van der Waals surface area (Å²) < 4.78 is 0.682. The van der Waals surface area contributed by atoms with Crippen molar-refractivity contribution in [3.8, 4) is 0 Å². The van der Waals surface area contributed by atoms with Gasteiger partial charge in [-0.25, -0.2) is 4.98 Å². The van der Waals surface area contributed by atoms with Gasteiger partial charge in [0.05, 0.1) is 17.4 Å².